The molecule has 3 aromatic rings. The van der Waals surface area contributed by atoms with Crippen LogP contribution in [0.4, 0.5) is 10.7 Å². The van der Waals surface area contributed by atoms with E-state index in [9.17, 15) is 4.79 Å². The van der Waals surface area contributed by atoms with Crippen molar-refractivity contribution in [1.82, 2.24) is 14.5 Å². The van der Waals surface area contributed by atoms with Crippen molar-refractivity contribution in [1.29, 1.82) is 0 Å². The Balaban J connectivity index is 1.59. The summed E-state index contributed by atoms with van der Waals surface area (Å²) in [6.07, 6.45) is 0.591. The highest BCUT2D eigenvalue weighted by Crippen LogP contribution is 2.27. The molecule has 0 spiro atoms. The zero-order valence-corrected chi connectivity index (χ0v) is 16.5. The van der Waals surface area contributed by atoms with Gasteiger partial charge in [0.1, 0.15) is 6.10 Å². The summed E-state index contributed by atoms with van der Waals surface area (Å²) >= 11 is 0. The predicted octanol–water partition coefficient (Wildman–Crippen LogP) is 3.98. The molecule has 2 aromatic carbocycles. The molecule has 29 heavy (non-hydrogen) atoms. The second-order valence-corrected chi connectivity index (χ2v) is 7.36. The van der Waals surface area contributed by atoms with Crippen molar-refractivity contribution >= 4 is 23.1 Å². The zero-order chi connectivity index (χ0) is 20.2. The van der Waals surface area contributed by atoms with Crippen LogP contribution in [0.3, 0.4) is 0 Å². The fourth-order valence-electron chi connectivity index (χ4n) is 3.92. The quantitative estimate of drug-likeness (QED) is 0.661. The largest absolute Gasteiger partial charge is 0.465 e. The van der Waals surface area contributed by atoms with E-state index in [1.807, 2.05) is 36.4 Å². The molecule has 4 rings (SSSR count). The minimum atomic E-state index is -0.846. The first-order valence-electron chi connectivity index (χ1n) is 9.93. The molecule has 1 aromatic heterocycles. The minimum absolute atomic E-state index is 0.0942. The number of nitrogens with zero attached hydrogens (tertiary/aromatic N) is 3. The molecule has 1 aliphatic heterocycles. The fraction of sp³-hybridized carbons (Fsp3) is 0.364. The van der Waals surface area contributed by atoms with Crippen molar-refractivity contribution < 1.29 is 14.6 Å². The molecular weight excluding hydrogens is 368 g/mol. The number of amides is 1. The first-order chi connectivity index (χ1) is 14.2. The third-order valence-electron chi connectivity index (χ3n) is 5.56. The van der Waals surface area contributed by atoms with Crippen molar-refractivity contribution in [3.05, 3.63) is 60.2 Å². The maximum Gasteiger partial charge on any atom is 0.407 e. The van der Waals surface area contributed by atoms with E-state index in [4.69, 9.17) is 14.8 Å². The number of benzene rings is 2. The lowest BCUT2D eigenvalue weighted by molar-refractivity contribution is 0.0892. The lowest BCUT2D eigenvalue weighted by Crippen LogP contribution is -2.42. The molecule has 0 bridgehead atoms. The van der Waals surface area contributed by atoms with Crippen molar-refractivity contribution in [2.75, 3.05) is 25.5 Å². The monoisotopic (exact) mass is 394 g/mol. The van der Waals surface area contributed by atoms with Crippen molar-refractivity contribution in [3.63, 3.8) is 0 Å². The number of rotatable bonds is 6. The van der Waals surface area contributed by atoms with Crippen LogP contribution < -0.4 is 5.32 Å². The van der Waals surface area contributed by atoms with Gasteiger partial charge in [0.2, 0.25) is 5.95 Å². The summed E-state index contributed by atoms with van der Waals surface area (Å²) < 4.78 is 7.96. The molecule has 0 radical (unpaired) electrons. The van der Waals surface area contributed by atoms with Gasteiger partial charge in [0.25, 0.3) is 0 Å². The number of fused-ring (bicyclic) bond motifs is 1. The van der Waals surface area contributed by atoms with Crippen LogP contribution in [-0.2, 0) is 11.3 Å². The Kier molecular flexibility index (Phi) is 5.67. The number of carbonyl (C=O) groups is 1. The molecule has 0 aliphatic carbocycles. The van der Waals surface area contributed by atoms with Crippen LogP contribution >= 0.6 is 0 Å². The third-order valence-corrected chi connectivity index (χ3v) is 5.56. The normalized spacial score (nSPS) is 16.1. The molecule has 1 aliphatic rings. The summed E-state index contributed by atoms with van der Waals surface area (Å²) in [5.74, 6) is 0.804. The number of ether oxygens (including phenoxy) is 1. The summed E-state index contributed by atoms with van der Waals surface area (Å²) in [7, 11) is 1.73. The molecule has 1 unspecified atom stereocenters. The molecule has 2 heterocycles. The molecule has 1 fully saturated rings. The van der Waals surface area contributed by atoms with E-state index in [1.165, 1.54) is 4.90 Å². The van der Waals surface area contributed by atoms with Crippen molar-refractivity contribution in [3.8, 4) is 0 Å². The van der Waals surface area contributed by atoms with Crippen LogP contribution in [0.5, 0.6) is 0 Å². The van der Waals surface area contributed by atoms with Gasteiger partial charge >= 0.3 is 6.09 Å². The van der Waals surface area contributed by atoms with Gasteiger partial charge in [-0.1, -0.05) is 42.5 Å². The number of carboxylic acid groups (broad SMARTS) is 1. The van der Waals surface area contributed by atoms with Gasteiger partial charge < -0.3 is 24.6 Å². The van der Waals surface area contributed by atoms with Gasteiger partial charge in [0.05, 0.1) is 17.6 Å². The van der Waals surface area contributed by atoms with Crippen LogP contribution in [-0.4, -0.2) is 51.9 Å². The molecule has 1 atom stereocenters. The van der Waals surface area contributed by atoms with Gasteiger partial charge in [-0.15, -0.1) is 0 Å². The lowest BCUT2D eigenvalue weighted by atomic mass is 10.1. The Morgan fingerprint density at radius 1 is 1.17 bits per heavy atom. The summed E-state index contributed by atoms with van der Waals surface area (Å²) in [5, 5.41) is 12.7. The van der Waals surface area contributed by atoms with Gasteiger partial charge in [-0.05, 0) is 30.5 Å². The maximum atomic E-state index is 11.2. The molecule has 0 saturated carbocycles. The Labute approximate surface area is 169 Å². The van der Waals surface area contributed by atoms with E-state index < -0.39 is 6.09 Å². The lowest BCUT2D eigenvalue weighted by Gasteiger charge is -2.31. The van der Waals surface area contributed by atoms with Crippen molar-refractivity contribution in [2.45, 2.75) is 31.5 Å². The van der Waals surface area contributed by atoms with E-state index in [0.29, 0.717) is 19.6 Å². The smallest absolute Gasteiger partial charge is 0.407 e. The summed E-state index contributed by atoms with van der Waals surface area (Å²) in [6, 6.07) is 18.4. The molecule has 7 heteroatoms. The van der Waals surface area contributed by atoms with E-state index in [-0.39, 0.29) is 12.1 Å². The first kappa shape index (κ1) is 19.3. The van der Waals surface area contributed by atoms with Gasteiger partial charge in [-0.2, -0.15) is 0 Å². The average Bonchev–Trinajstić information content (AvgIpc) is 3.09. The van der Waals surface area contributed by atoms with Gasteiger partial charge in [-0.3, -0.25) is 0 Å². The number of para-hydroxylation sites is 2. The number of anilines is 1. The highest BCUT2D eigenvalue weighted by atomic mass is 16.5. The number of nitrogens with one attached hydrogen (secondary N) is 1. The topological polar surface area (TPSA) is 79.6 Å². The Morgan fingerprint density at radius 2 is 1.86 bits per heavy atom. The number of hydrogen-bond donors (Lipinski definition) is 2. The number of aromatic nitrogens is 2. The van der Waals surface area contributed by atoms with E-state index in [2.05, 4.69) is 28.1 Å². The number of piperidine rings is 1. The Bertz CT molecular complexity index is 965. The van der Waals surface area contributed by atoms with Gasteiger partial charge in [-0.25, -0.2) is 9.78 Å². The van der Waals surface area contributed by atoms with E-state index in [0.717, 1.165) is 35.4 Å². The number of likely N-dealkylation sites (tertiary alicyclic amines) is 1. The van der Waals surface area contributed by atoms with E-state index >= 15 is 0 Å². The SMILES string of the molecule is COC(Cn1c(NC2CCN(C(=O)O)CC2)nc2ccccc21)c1ccccc1. The zero-order valence-electron chi connectivity index (χ0n) is 16.5. The Morgan fingerprint density at radius 3 is 2.55 bits per heavy atom. The highest BCUT2D eigenvalue weighted by molar-refractivity contribution is 5.78. The second kappa shape index (κ2) is 8.53. The van der Waals surface area contributed by atoms with Crippen LogP contribution in [0, 0.1) is 0 Å². The molecule has 2 N–H and O–H groups in total. The highest BCUT2D eigenvalue weighted by Gasteiger charge is 2.24. The molecule has 152 valence electrons. The maximum absolute atomic E-state index is 11.2. The summed E-state index contributed by atoms with van der Waals surface area (Å²) in [5.41, 5.74) is 3.10. The minimum Gasteiger partial charge on any atom is -0.465 e. The summed E-state index contributed by atoms with van der Waals surface area (Å²) in [4.78, 5) is 17.4. The van der Waals surface area contributed by atoms with Gasteiger partial charge in [0.15, 0.2) is 0 Å². The first-order valence-corrected chi connectivity index (χ1v) is 9.93. The number of imidazole rings is 1. The van der Waals surface area contributed by atoms with Crippen LogP contribution in [0.25, 0.3) is 11.0 Å². The van der Waals surface area contributed by atoms with Crippen LogP contribution in [0.1, 0.15) is 24.5 Å². The Hall–Kier alpha value is -3.06. The molecule has 7 nitrogen and oxygen atoms in total. The number of methoxy groups -OCH3 is 1. The van der Waals surface area contributed by atoms with Crippen LogP contribution in [0.2, 0.25) is 0 Å². The molecular formula is C22H26N4O3. The average molecular weight is 394 g/mol. The van der Waals surface area contributed by atoms with Crippen LogP contribution in [0.15, 0.2) is 54.6 Å². The fourth-order valence-corrected chi connectivity index (χ4v) is 3.92. The molecule has 1 saturated heterocycles. The van der Waals surface area contributed by atoms with Crippen molar-refractivity contribution in [2.24, 2.45) is 0 Å². The van der Waals surface area contributed by atoms with E-state index in [1.54, 1.807) is 7.11 Å². The molecule has 1 amide bonds. The third kappa shape index (κ3) is 4.19. The summed E-state index contributed by atoms with van der Waals surface area (Å²) in [6.45, 7) is 1.72. The standard InChI is InChI=1S/C22H26N4O3/c1-29-20(16-7-3-2-4-8-16)15-26-19-10-6-5-9-18(19)24-21(26)23-17-11-13-25(14-12-17)22(27)28/h2-10,17,20H,11-15H2,1H3,(H,23,24)(H,27,28). The number of hydrogen-bond acceptors (Lipinski definition) is 4. The predicted molar refractivity (Wildman–Crippen MR) is 112 cm³/mol. The van der Waals surface area contributed by atoms with Gasteiger partial charge in [0, 0.05) is 26.2 Å². The second-order valence-electron chi connectivity index (χ2n) is 7.36.